The second-order valence-electron chi connectivity index (χ2n) is 3.99. The van der Waals surface area contributed by atoms with E-state index in [1.54, 1.807) is 6.07 Å². The molecule has 0 atom stereocenters. The van der Waals surface area contributed by atoms with Crippen LogP contribution in [0.5, 0.6) is 0 Å². The molecule has 0 aliphatic heterocycles. The quantitative estimate of drug-likeness (QED) is 0.854. The summed E-state index contributed by atoms with van der Waals surface area (Å²) in [6.45, 7) is 0. The topological polar surface area (TPSA) is 29.1 Å². The lowest BCUT2D eigenvalue weighted by molar-refractivity contribution is 0.0932. The van der Waals surface area contributed by atoms with Crippen LogP contribution >= 0.6 is 27.5 Å². The highest BCUT2D eigenvalue weighted by Gasteiger charge is 2.43. The lowest BCUT2D eigenvalue weighted by Gasteiger charge is -2.14. The third-order valence-electron chi connectivity index (χ3n) is 2.66. The Morgan fingerprint density at radius 3 is 2.81 bits per heavy atom. The van der Waals surface area contributed by atoms with Crippen LogP contribution in [0.15, 0.2) is 22.7 Å². The van der Waals surface area contributed by atoms with Crippen LogP contribution in [0.1, 0.15) is 23.2 Å². The zero-order valence-electron chi connectivity index (χ0n) is 8.40. The summed E-state index contributed by atoms with van der Waals surface area (Å²) in [6, 6.07) is 4.29. The Balaban J connectivity index is 2.17. The first-order valence-corrected chi connectivity index (χ1v) is 6.23. The van der Waals surface area contributed by atoms with Crippen molar-refractivity contribution in [3.63, 3.8) is 0 Å². The summed E-state index contributed by atoms with van der Waals surface area (Å²) in [6.07, 6.45) is 1.72. The number of rotatable bonds is 3. The van der Waals surface area contributed by atoms with Gasteiger partial charge in [0.05, 0.1) is 11.1 Å². The Hall–Kier alpha value is -0.610. The molecule has 0 bridgehead atoms. The molecule has 5 heteroatoms. The van der Waals surface area contributed by atoms with Crippen molar-refractivity contribution in [2.75, 3.05) is 5.88 Å². The van der Waals surface area contributed by atoms with E-state index in [2.05, 4.69) is 21.2 Å². The van der Waals surface area contributed by atoms with E-state index < -0.39 is 11.7 Å². The molecule has 1 aliphatic carbocycles. The minimum absolute atomic E-state index is 0.0470. The summed E-state index contributed by atoms with van der Waals surface area (Å²) >= 11 is 8.94. The van der Waals surface area contributed by atoms with Gasteiger partial charge in [-0.3, -0.25) is 4.79 Å². The van der Waals surface area contributed by atoms with E-state index in [4.69, 9.17) is 11.6 Å². The molecule has 0 radical (unpaired) electrons. The van der Waals surface area contributed by atoms with Crippen molar-refractivity contribution in [1.29, 1.82) is 0 Å². The smallest absolute Gasteiger partial charge is 0.254 e. The molecule has 0 unspecified atom stereocenters. The monoisotopic (exact) mass is 305 g/mol. The predicted octanol–water partition coefficient (Wildman–Crippen LogP) is 3.09. The van der Waals surface area contributed by atoms with Gasteiger partial charge in [0.15, 0.2) is 0 Å². The SMILES string of the molecule is O=C(NC1(CCl)CC1)c1cc(Br)ccc1F. The summed E-state index contributed by atoms with van der Waals surface area (Å²) in [7, 11) is 0. The zero-order chi connectivity index (χ0) is 11.8. The lowest BCUT2D eigenvalue weighted by Crippen LogP contribution is -2.38. The number of hydrogen-bond donors (Lipinski definition) is 1. The van der Waals surface area contributed by atoms with Crippen LogP contribution in [0, 0.1) is 5.82 Å². The maximum atomic E-state index is 13.4. The van der Waals surface area contributed by atoms with Crippen LogP contribution in [-0.2, 0) is 0 Å². The molecule has 2 nitrogen and oxygen atoms in total. The van der Waals surface area contributed by atoms with Crippen molar-refractivity contribution in [3.8, 4) is 0 Å². The lowest BCUT2D eigenvalue weighted by atomic mass is 10.2. The Kier molecular flexibility index (Phi) is 3.22. The molecule has 0 saturated heterocycles. The minimum Gasteiger partial charge on any atom is -0.345 e. The molecule has 1 aromatic rings. The van der Waals surface area contributed by atoms with Crippen molar-refractivity contribution >= 4 is 33.4 Å². The molecule has 0 aromatic heterocycles. The van der Waals surface area contributed by atoms with Gasteiger partial charge in [0.1, 0.15) is 5.82 Å². The average molecular weight is 307 g/mol. The van der Waals surface area contributed by atoms with Crippen molar-refractivity contribution in [3.05, 3.63) is 34.1 Å². The van der Waals surface area contributed by atoms with Gasteiger partial charge in [-0.25, -0.2) is 4.39 Å². The molecule has 0 heterocycles. The van der Waals surface area contributed by atoms with Crippen molar-refractivity contribution in [2.24, 2.45) is 0 Å². The second-order valence-corrected chi connectivity index (χ2v) is 5.18. The molecular weight excluding hydrogens is 296 g/mol. The highest BCUT2D eigenvalue weighted by atomic mass is 79.9. The molecule has 86 valence electrons. The van der Waals surface area contributed by atoms with Gasteiger partial charge in [-0.15, -0.1) is 11.6 Å². The second kappa shape index (κ2) is 4.34. The fourth-order valence-electron chi connectivity index (χ4n) is 1.42. The minimum atomic E-state index is -0.522. The van der Waals surface area contributed by atoms with Gasteiger partial charge in [-0.1, -0.05) is 15.9 Å². The van der Waals surface area contributed by atoms with E-state index in [0.717, 1.165) is 12.8 Å². The fourth-order valence-corrected chi connectivity index (χ4v) is 2.12. The normalized spacial score (nSPS) is 16.9. The third kappa shape index (κ3) is 2.38. The number of benzene rings is 1. The average Bonchev–Trinajstić information content (AvgIpc) is 3.02. The van der Waals surface area contributed by atoms with Crippen molar-refractivity contribution in [1.82, 2.24) is 5.32 Å². The summed E-state index contributed by atoms with van der Waals surface area (Å²) in [5, 5.41) is 2.77. The predicted molar refractivity (Wildman–Crippen MR) is 64.3 cm³/mol. The summed E-state index contributed by atoms with van der Waals surface area (Å²) in [4.78, 5) is 11.8. The molecule has 1 aliphatic rings. The number of carbonyl (C=O) groups excluding carboxylic acids is 1. The molecule has 16 heavy (non-hydrogen) atoms. The highest BCUT2D eigenvalue weighted by molar-refractivity contribution is 9.10. The van der Waals surface area contributed by atoms with Crippen LogP contribution in [0.4, 0.5) is 4.39 Å². The summed E-state index contributed by atoms with van der Waals surface area (Å²) in [5.41, 5.74) is -0.265. The van der Waals surface area contributed by atoms with Gasteiger partial charge in [0, 0.05) is 10.4 Å². The molecule has 1 saturated carbocycles. The molecule has 1 fully saturated rings. The van der Waals surface area contributed by atoms with Crippen LogP contribution in [0.2, 0.25) is 0 Å². The third-order valence-corrected chi connectivity index (χ3v) is 3.67. The van der Waals surface area contributed by atoms with Crippen LogP contribution in [-0.4, -0.2) is 17.3 Å². The van der Waals surface area contributed by atoms with Crippen LogP contribution in [0.3, 0.4) is 0 Å². The van der Waals surface area contributed by atoms with E-state index in [9.17, 15) is 9.18 Å². The Bertz CT molecular complexity index is 434. The first-order chi connectivity index (χ1) is 7.56. The van der Waals surface area contributed by atoms with E-state index in [-0.39, 0.29) is 11.1 Å². The van der Waals surface area contributed by atoms with Gasteiger partial charge in [0.2, 0.25) is 0 Å². The van der Waals surface area contributed by atoms with Gasteiger partial charge < -0.3 is 5.32 Å². The maximum absolute atomic E-state index is 13.4. The molecule has 1 amide bonds. The van der Waals surface area contributed by atoms with Gasteiger partial charge in [-0.05, 0) is 31.0 Å². The first kappa shape index (κ1) is 11.9. The Labute approximate surface area is 106 Å². The fraction of sp³-hybridized carbons (Fsp3) is 0.364. The van der Waals surface area contributed by atoms with Gasteiger partial charge >= 0.3 is 0 Å². The number of hydrogen-bond acceptors (Lipinski definition) is 1. The molecule has 1 N–H and O–H groups in total. The van der Waals surface area contributed by atoms with Gasteiger partial charge in [0.25, 0.3) is 5.91 Å². The number of halogens is 3. The number of alkyl halides is 1. The molecular formula is C11H10BrClFNO. The number of amides is 1. The highest BCUT2D eigenvalue weighted by Crippen LogP contribution is 2.36. The standard InChI is InChI=1S/C11H10BrClFNO/c12-7-1-2-9(14)8(5-7)10(16)15-11(6-13)3-4-11/h1-2,5H,3-4,6H2,(H,15,16). The summed E-state index contributed by atoms with van der Waals surface area (Å²) < 4.78 is 14.1. The van der Waals surface area contributed by atoms with E-state index >= 15 is 0 Å². The zero-order valence-corrected chi connectivity index (χ0v) is 10.7. The van der Waals surface area contributed by atoms with E-state index in [1.165, 1.54) is 12.1 Å². The Morgan fingerprint density at radius 1 is 1.56 bits per heavy atom. The van der Waals surface area contributed by atoms with E-state index in [1.807, 2.05) is 0 Å². The van der Waals surface area contributed by atoms with Crippen LogP contribution in [0.25, 0.3) is 0 Å². The van der Waals surface area contributed by atoms with Crippen molar-refractivity contribution < 1.29 is 9.18 Å². The number of nitrogens with one attached hydrogen (secondary N) is 1. The van der Waals surface area contributed by atoms with Crippen molar-refractivity contribution in [2.45, 2.75) is 18.4 Å². The number of carbonyl (C=O) groups is 1. The largest absolute Gasteiger partial charge is 0.345 e. The molecule has 0 spiro atoms. The molecule has 1 aromatic carbocycles. The Morgan fingerprint density at radius 2 is 2.25 bits per heavy atom. The van der Waals surface area contributed by atoms with Crippen LogP contribution < -0.4 is 5.32 Å². The first-order valence-electron chi connectivity index (χ1n) is 4.90. The van der Waals surface area contributed by atoms with Gasteiger partial charge in [-0.2, -0.15) is 0 Å². The van der Waals surface area contributed by atoms with E-state index in [0.29, 0.717) is 10.4 Å². The molecule has 2 rings (SSSR count). The summed E-state index contributed by atoms with van der Waals surface area (Å²) in [5.74, 6) is -0.558. The maximum Gasteiger partial charge on any atom is 0.254 e.